The van der Waals surface area contributed by atoms with Crippen molar-refractivity contribution in [3.8, 4) is 5.75 Å². The van der Waals surface area contributed by atoms with Gasteiger partial charge in [0.1, 0.15) is 11.4 Å². The molecule has 0 unspecified atom stereocenters. The van der Waals surface area contributed by atoms with Gasteiger partial charge in [0.15, 0.2) is 5.11 Å². The number of nitro groups is 1. The SMILES string of the molecule is COc1ccc(NC(=S)Nc2cccc3ccccc23)c([N+](=O)[O-])c1. The number of benzene rings is 3. The molecule has 7 heteroatoms. The van der Waals surface area contributed by atoms with Gasteiger partial charge in [0.25, 0.3) is 5.69 Å². The van der Waals surface area contributed by atoms with Crippen LogP contribution in [0.5, 0.6) is 5.75 Å². The molecule has 25 heavy (non-hydrogen) atoms. The summed E-state index contributed by atoms with van der Waals surface area (Å²) >= 11 is 5.31. The monoisotopic (exact) mass is 353 g/mol. The summed E-state index contributed by atoms with van der Waals surface area (Å²) < 4.78 is 5.03. The lowest BCUT2D eigenvalue weighted by Crippen LogP contribution is -2.19. The van der Waals surface area contributed by atoms with Gasteiger partial charge in [-0.1, -0.05) is 36.4 Å². The number of fused-ring (bicyclic) bond motifs is 1. The van der Waals surface area contributed by atoms with Gasteiger partial charge >= 0.3 is 0 Å². The minimum atomic E-state index is -0.481. The largest absolute Gasteiger partial charge is 0.496 e. The first-order chi connectivity index (χ1) is 12.1. The number of ether oxygens (including phenoxy) is 1. The zero-order chi connectivity index (χ0) is 17.8. The van der Waals surface area contributed by atoms with Crippen molar-refractivity contribution in [1.29, 1.82) is 0 Å². The maximum atomic E-state index is 11.3. The molecule has 2 N–H and O–H groups in total. The smallest absolute Gasteiger partial charge is 0.296 e. The molecule has 0 radical (unpaired) electrons. The van der Waals surface area contributed by atoms with Gasteiger partial charge in [-0.25, -0.2) is 0 Å². The van der Waals surface area contributed by atoms with Crippen LogP contribution in [0.2, 0.25) is 0 Å². The maximum absolute atomic E-state index is 11.3. The molecule has 0 bridgehead atoms. The Bertz CT molecular complexity index is 954. The Morgan fingerprint density at radius 1 is 1.04 bits per heavy atom. The highest BCUT2D eigenvalue weighted by atomic mass is 32.1. The van der Waals surface area contributed by atoms with E-state index >= 15 is 0 Å². The predicted molar refractivity (Wildman–Crippen MR) is 103 cm³/mol. The zero-order valence-corrected chi connectivity index (χ0v) is 14.2. The molecule has 0 aliphatic rings. The summed E-state index contributed by atoms with van der Waals surface area (Å²) in [5.74, 6) is 0.408. The molecule has 126 valence electrons. The fraction of sp³-hybridized carbons (Fsp3) is 0.0556. The van der Waals surface area contributed by atoms with E-state index in [1.165, 1.54) is 13.2 Å². The van der Waals surface area contributed by atoms with Gasteiger partial charge in [-0.15, -0.1) is 0 Å². The number of methoxy groups -OCH3 is 1. The molecule has 0 aliphatic heterocycles. The highest BCUT2D eigenvalue weighted by Crippen LogP contribution is 2.29. The van der Waals surface area contributed by atoms with E-state index in [0.717, 1.165) is 16.5 Å². The molecule has 0 atom stereocenters. The lowest BCUT2D eigenvalue weighted by atomic mass is 10.1. The van der Waals surface area contributed by atoms with Crippen molar-refractivity contribution < 1.29 is 9.66 Å². The Kier molecular flexibility index (Phi) is 4.76. The number of anilines is 2. The highest BCUT2D eigenvalue weighted by molar-refractivity contribution is 7.80. The van der Waals surface area contributed by atoms with Crippen molar-refractivity contribution in [2.24, 2.45) is 0 Å². The van der Waals surface area contributed by atoms with Crippen LogP contribution in [-0.2, 0) is 0 Å². The van der Waals surface area contributed by atoms with Crippen LogP contribution in [0.15, 0.2) is 60.7 Å². The van der Waals surface area contributed by atoms with Gasteiger partial charge in [-0.05, 0) is 35.8 Å². The van der Waals surface area contributed by atoms with Crippen molar-refractivity contribution in [1.82, 2.24) is 0 Å². The molecule has 0 heterocycles. The third-order valence-electron chi connectivity index (χ3n) is 3.69. The number of thiocarbonyl (C=S) groups is 1. The van der Waals surface area contributed by atoms with Crippen LogP contribution in [0.1, 0.15) is 0 Å². The van der Waals surface area contributed by atoms with E-state index in [4.69, 9.17) is 17.0 Å². The third kappa shape index (κ3) is 3.67. The first kappa shape index (κ1) is 16.7. The second kappa shape index (κ2) is 7.14. The Labute approximate surface area is 149 Å². The Balaban J connectivity index is 1.84. The molecule has 3 aromatic carbocycles. The van der Waals surface area contributed by atoms with Crippen LogP contribution in [0.25, 0.3) is 10.8 Å². The van der Waals surface area contributed by atoms with E-state index in [9.17, 15) is 10.1 Å². The second-order valence-electron chi connectivity index (χ2n) is 5.25. The lowest BCUT2D eigenvalue weighted by molar-refractivity contribution is -0.384. The molecule has 0 fully saturated rings. The molecule has 0 saturated carbocycles. The highest BCUT2D eigenvalue weighted by Gasteiger charge is 2.16. The van der Waals surface area contributed by atoms with E-state index in [1.54, 1.807) is 12.1 Å². The first-order valence-corrected chi connectivity index (χ1v) is 7.87. The van der Waals surface area contributed by atoms with E-state index in [2.05, 4.69) is 10.6 Å². The first-order valence-electron chi connectivity index (χ1n) is 7.46. The standard InChI is InChI=1S/C18H15N3O3S/c1-24-13-9-10-16(17(11-13)21(22)23)20-18(25)19-15-8-4-6-12-5-2-3-7-14(12)15/h2-11H,1H3,(H2,19,20,25). The van der Waals surface area contributed by atoms with Gasteiger partial charge < -0.3 is 15.4 Å². The minimum Gasteiger partial charge on any atom is -0.496 e. The van der Waals surface area contributed by atoms with Crippen molar-refractivity contribution >= 4 is 45.2 Å². The molecule has 0 amide bonds. The Morgan fingerprint density at radius 2 is 1.76 bits per heavy atom. The maximum Gasteiger partial charge on any atom is 0.296 e. The average molecular weight is 353 g/mol. The van der Waals surface area contributed by atoms with Crippen LogP contribution in [0.3, 0.4) is 0 Å². The van der Waals surface area contributed by atoms with Gasteiger partial charge in [-0.3, -0.25) is 10.1 Å². The van der Waals surface area contributed by atoms with E-state index in [-0.39, 0.29) is 10.8 Å². The van der Waals surface area contributed by atoms with E-state index in [1.807, 2.05) is 42.5 Å². The number of hydrogen-bond donors (Lipinski definition) is 2. The third-order valence-corrected chi connectivity index (χ3v) is 3.89. The summed E-state index contributed by atoms with van der Waals surface area (Å²) in [7, 11) is 1.46. The van der Waals surface area contributed by atoms with Gasteiger partial charge in [-0.2, -0.15) is 0 Å². The normalized spacial score (nSPS) is 10.3. The summed E-state index contributed by atoms with van der Waals surface area (Å²) in [5.41, 5.74) is 1.01. The minimum absolute atomic E-state index is 0.110. The van der Waals surface area contributed by atoms with Crippen molar-refractivity contribution in [3.05, 3.63) is 70.8 Å². The van der Waals surface area contributed by atoms with Crippen molar-refractivity contribution in [2.45, 2.75) is 0 Å². The second-order valence-corrected chi connectivity index (χ2v) is 5.65. The molecule has 0 saturated heterocycles. The van der Waals surface area contributed by atoms with Crippen LogP contribution in [0.4, 0.5) is 17.1 Å². The summed E-state index contributed by atoms with van der Waals surface area (Å²) in [6.07, 6.45) is 0. The molecule has 0 aromatic heterocycles. The molecule has 3 aromatic rings. The average Bonchev–Trinajstić information content (AvgIpc) is 2.62. The van der Waals surface area contributed by atoms with Gasteiger partial charge in [0.2, 0.25) is 0 Å². The Hall–Kier alpha value is -3.19. The lowest BCUT2D eigenvalue weighted by Gasteiger charge is -2.13. The summed E-state index contributed by atoms with van der Waals surface area (Å²) in [5, 5.41) is 19.6. The summed E-state index contributed by atoms with van der Waals surface area (Å²) in [6.45, 7) is 0. The molecule has 3 rings (SSSR count). The number of nitrogens with one attached hydrogen (secondary N) is 2. The number of nitrogens with zero attached hydrogens (tertiary/aromatic N) is 1. The van der Waals surface area contributed by atoms with E-state index < -0.39 is 4.92 Å². The fourth-order valence-electron chi connectivity index (χ4n) is 2.51. The van der Waals surface area contributed by atoms with Crippen molar-refractivity contribution in [3.63, 3.8) is 0 Å². The number of hydrogen-bond acceptors (Lipinski definition) is 4. The van der Waals surface area contributed by atoms with Crippen molar-refractivity contribution in [2.75, 3.05) is 17.7 Å². The quantitative estimate of drug-likeness (QED) is 0.407. The predicted octanol–water partition coefficient (Wildman–Crippen LogP) is 4.57. The van der Waals surface area contributed by atoms with E-state index in [0.29, 0.717) is 11.4 Å². The van der Waals surface area contributed by atoms with Gasteiger partial charge in [0.05, 0.1) is 18.1 Å². The molecule has 0 aliphatic carbocycles. The van der Waals surface area contributed by atoms with Crippen LogP contribution >= 0.6 is 12.2 Å². The van der Waals surface area contributed by atoms with Gasteiger partial charge in [0, 0.05) is 11.1 Å². The summed E-state index contributed by atoms with van der Waals surface area (Å²) in [6, 6.07) is 18.3. The van der Waals surface area contributed by atoms with Crippen LogP contribution in [-0.4, -0.2) is 17.1 Å². The zero-order valence-electron chi connectivity index (χ0n) is 13.4. The van der Waals surface area contributed by atoms with Crippen LogP contribution in [0, 0.1) is 10.1 Å². The van der Waals surface area contributed by atoms with Crippen LogP contribution < -0.4 is 15.4 Å². The summed E-state index contributed by atoms with van der Waals surface area (Å²) in [4.78, 5) is 10.8. The molecule has 6 nitrogen and oxygen atoms in total. The molecule has 0 spiro atoms. The fourth-order valence-corrected chi connectivity index (χ4v) is 2.73. The topological polar surface area (TPSA) is 76.4 Å². The molecular weight excluding hydrogens is 338 g/mol. The number of nitro benzene ring substituents is 1. The molecular formula is C18H15N3O3S. The number of rotatable bonds is 4. The Morgan fingerprint density at radius 3 is 2.52 bits per heavy atom.